The quantitative estimate of drug-likeness (QED) is 0.746. The van der Waals surface area contributed by atoms with E-state index in [4.69, 9.17) is 11.6 Å². The summed E-state index contributed by atoms with van der Waals surface area (Å²) in [5.41, 5.74) is 0.825. The van der Waals surface area contributed by atoms with Gasteiger partial charge >= 0.3 is 0 Å². The van der Waals surface area contributed by atoms with Crippen LogP contribution in [0.25, 0.3) is 0 Å². The molecule has 1 fully saturated rings. The van der Waals surface area contributed by atoms with Crippen LogP contribution in [-0.4, -0.2) is 11.3 Å². The van der Waals surface area contributed by atoms with Gasteiger partial charge in [-0.15, -0.1) is 11.3 Å². The van der Waals surface area contributed by atoms with Crippen LogP contribution in [0.5, 0.6) is 0 Å². The van der Waals surface area contributed by atoms with Crippen molar-refractivity contribution in [1.29, 1.82) is 0 Å². The second kappa shape index (κ2) is 3.99. The zero-order valence-electron chi connectivity index (χ0n) is 7.83. The first-order chi connectivity index (χ1) is 6.74. The lowest BCUT2D eigenvalue weighted by Gasteiger charge is -2.19. The number of carbonyl (C=O) groups is 1. The molecule has 0 saturated heterocycles. The third-order valence-corrected chi connectivity index (χ3v) is 3.93. The molecule has 0 bridgehead atoms. The predicted octanol–water partition coefficient (Wildman–Crippen LogP) is 3.10. The summed E-state index contributed by atoms with van der Waals surface area (Å²) in [6.45, 7) is 0. The van der Waals surface area contributed by atoms with E-state index in [0.29, 0.717) is 4.47 Å². The maximum absolute atomic E-state index is 11.1. The monoisotopic (exact) mass is 229 g/mol. The Hall–Kier alpha value is -0.410. The first-order valence-electron chi connectivity index (χ1n) is 4.80. The van der Waals surface area contributed by atoms with Crippen LogP contribution >= 0.6 is 22.9 Å². The number of rotatable bonds is 3. The van der Waals surface area contributed by atoms with Gasteiger partial charge in [-0.1, -0.05) is 24.4 Å². The van der Waals surface area contributed by atoms with Crippen LogP contribution in [0.2, 0.25) is 4.47 Å². The molecule has 0 spiro atoms. The Morgan fingerprint density at radius 3 is 2.79 bits per heavy atom. The van der Waals surface area contributed by atoms with Gasteiger partial charge in [0.25, 0.3) is 0 Å². The molecule has 1 aromatic rings. The highest BCUT2D eigenvalue weighted by Gasteiger charge is 2.34. The predicted molar refractivity (Wildman–Crippen MR) is 57.8 cm³/mol. The molecule has 4 heteroatoms. The average molecular weight is 230 g/mol. The summed E-state index contributed by atoms with van der Waals surface area (Å²) >= 11 is 7.19. The zero-order chi connectivity index (χ0) is 10.0. The van der Waals surface area contributed by atoms with Crippen LogP contribution in [0.15, 0.2) is 5.38 Å². The van der Waals surface area contributed by atoms with Crippen LogP contribution in [0.3, 0.4) is 0 Å². The summed E-state index contributed by atoms with van der Waals surface area (Å²) in [6, 6.07) is 0. The lowest BCUT2D eigenvalue weighted by Crippen LogP contribution is -2.21. The molecule has 0 N–H and O–H groups in total. The molecule has 14 heavy (non-hydrogen) atoms. The summed E-state index contributed by atoms with van der Waals surface area (Å²) in [6.07, 6.45) is 6.22. The van der Waals surface area contributed by atoms with Crippen molar-refractivity contribution in [3.63, 3.8) is 0 Å². The van der Waals surface area contributed by atoms with Crippen LogP contribution in [-0.2, 0) is 11.2 Å². The first kappa shape index (κ1) is 10.1. The smallest absolute Gasteiger partial charge is 0.183 e. The second-order valence-electron chi connectivity index (χ2n) is 3.96. The van der Waals surface area contributed by atoms with Crippen molar-refractivity contribution in [3.8, 4) is 0 Å². The van der Waals surface area contributed by atoms with Crippen LogP contribution in [0, 0.1) is 5.41 Å². The van der Waals surface area contributed by atoms with E-state index in [1.807, 2.05) is 5.38 Å². The largest absolute Gasteiger partial charge is 0.303 e. The van der Waals surface area contributed by atoms with E-state index >= 15 is 0 Å². The van der Waals surface area contributed by atoms with Gasteiger partial charge in [0, 0.05) is 17.2 Å². The number of carbonyl (C=O) groups excluding carboxylic acids is 1. The molecule has 0 amide bonds. The number of aldehydes is 1. The van der Waals surface area contributed by atoms with E-state index < -0.39 is 0 Å². The SMILES string of the molecule is O=CC1(Cc2csc(Cl)n2)CCCC1. The molecule has 0 aliphatic heterocycles. The fourth-order valence-corrected chi connectivity index (χ4v) is 2.92. The van der Waals surface area contributed by atoms with E-state index in [-0.39, 0.29) is 5.41 Å². The molecular formula is C10H12ClNOS. The van der Waals surface area contributed by atoms with E-state index in [0.717, 1.165) is 44.1 Å². The fourth-order valence-electron chi connectivity index (χ4n) is 2.14. The van der Waals surface area contributed by atoms with Crippen molar-refractivity contribution in [3.05, 3.63) is 15.5 Å². The van der Waals surface area contributed by atoms with Gasteiger partial charge in [0.2, 0.25) is 0 Å². The summed E-state index contributed by atoms with van der Waals surface area (Å²) < 4.78 is 0.569. The van der Waals surface area contributed by atoms with Crippen molar-refractivity contribution < 1.29 is 4.79 Å². The highest BCUT2D eigenvalue weighted by atomic mass is 35.5. The Balaban J connectivity index is 2.11. The fraction of sp³-hybridized carbons (Fsp3) is 0.600. The Morgan fingerprint density at radius 2 is 2.29 bits per heavy atom. The standard InChI is InChI=1S/C10H12ClNOS/c11-9-12-8(6-14-9)5-10(7-13)3-1-2-4-10/h6-7H,1-5H2. The minimum absolute atomic E-state index is 0.141. The third-order valence-electron chi connectivity index (χ3n) is 2.91. The van der Waals surface area contributed by atoms with Gasteiger partial charge in [-0.3, -0.25) is 0 Å². The van der Waals surface area contributed by atoms with Crippen molar-refractivity contribution in [2.75, 3.05) is 0 Å². The maximum atomic E-state index is 11.1. The minimum Gasteiger partial charge on any atom is -0.303 e. The zero-order valence-corrected chi connectivity index (χ0v) is 9.40. The van der Waals surface area contributed by atoms with Crippen LogP contribution in [0.1, 0.15) is 31.4 Å². The molecule has 1 heterocycles. The van der Waals surface area contributed by atoms with Gasteiger partial charge in [-0.05, 0) is 12.8 Å². The van der Waals surface area contributed by atoms with Crippen LogP contribution in [0.4, 0.5) is 0 Å². The summed E-state index contributed by atoms with van der Waals surface area (Å²) in [7, 11) is 0. The van der Waals surface area contributed by atoms with Crippen molar-refractivity contribution in [2.45, 2.75) is 32.1 Å². The number of aromatic nitrogens is 1. The summed E-state index contributed by atoms with van der Waals surface area (Å²) in [5.74, 6) is 0. The van der Waals surface area contributed by atoms with Crippen molar-refractivity contribution >= 4 is 29.2 Å². The molecule has 76 valence electrons. The average Bonchev–Trinajstić information content (AvgIpc) is 2.77. The molecule has 1 aromatic heterocycles. The maximum Gasteiger partial charge on any atom is 0.183 e. The minimum atomic E-state index is -0.141. The Kier molecular flexibility index (Phi) is 2.88. The molecule has 2 nitrogen and oxygen atoms in total. The lowest BCUT2D eigenvalue weighted by atomic mass is 9.83. The number of halogens is 1. The van der Waals surface area contributed by atoms with Crippen molar-refractivity contribution in [1.82, 2.24) is 4.98 Å². The van der Waals surface area contributed by atoms with Gasteiger partial charge in [0.05, 0.1) is 5.69 Å². The molecule has 1 saturated carbocycles. The molecule has 0 aromatic carbocycles. The molecule has 1 aliphatic carbocycles. The van der Waals surface area contributed by atoms with Gasteiger partial charge in [-0.25, -0.2) is 4.98 Å². The van der Waals surface area contributed by atoms with Crippen molar-refractivity contribution in [2.24, 2.45) is 5.41 Å². The van der Waals surface area contributed by atoms with Gasteiger partial charge < -0.3 is 4.79 Å². The lowest BCUT2D eigenvalue weighted by molar-refractivity contribution is -0.115. The number of thiazole rings is 1. The highest BCUT2D eigenvalue weighted by molar-refractivity contribution is 7.13. The second-order valence-corrected chi connectivity index (χ2v) is 5.40. The first-order valence-corrected chi connectivity index (χ1v) is 6.06. The third kappa shape index (κ3) is 1.98. The Morgan fingerprint density at radius 1 is 1.57 bits per heavy atom. The molecule has 0 unspecified atom stereocenters. The van der Waals surface area contributed by atoms with Gasteiger partial charge in [-0.2, -0.15) is 0 Å². The summed E-state index contributed by atoms with van der Waals surface area (Å²) in [5, 5.41) is 1.95. The van der Waals surface area contributed by atoms with E-state index in [1.54, 1.807) is 0 Å². The molecule has 1 aliphatic rings. The van der Waals surface area contributed by atoms with E-state index in [1.165, 1.54) is 11.3 Å². The number of hydrogen-bond acceptors (Lipinski definition) is 3. The number of hydrogen-bond donors (Lipinski definition) is 0. The molecule has 0 atom stereocenters. The highest BCUT2D eigenvalue weighted by Crippen LogP contribution is 2.39. The Labute approximate surface area is 92.3 Å². The van der Waals surface area contributed by atoms with E-state index in [9.17, 15) is 4.79 Å². The molecule has 2 rings (SSSR count). The normalized spacial score (nSPS) is 19.8. The number of nitrogens with zero attached hydrogens (tertiary/aromatic N) is 1. The summed E-state index contributed by atoms with van der Waals surface area (Å²) in [4.78, 5) is 15.3. The topological polar surface area (TPSA) is 30.0 Å². The van der Waals surface area contributed by atoms with Gasteiger partial charge in [0.15, 0.2) is 4.47 Å². The Bertz CT molecular complexity index is 331. The molecule has 0 radical (unpaired) electrons. The van der Waals surface area contributed by atoms with E-state index in [2.05, 4.69) is 4.98 Å². The molecular weight excluding hydrogens is 218 g/mol. The van der Waals surface area contributed by atoms with Crippen LogP contribution < -0.4 is 0 Å². The van der Waals surface area contributed by atoms with Gasteiger partial charge in [0.1, 0.15) is 6.29 Å².